The van der Waals surface area contributed by atoms with Gasteiger partial charge in [-0.2, -0.15) is 0 Å². The number of ketones is 1. The molecule has 1 heterocycles. The van der Waals surface area contributed by atoms with Crippen molar-refractivity contribution in [1.82, 2.24) is 10.3 Å². The topological polar surface area (TPSA) is 85.1 Å². The van der Waals surface area contributed by atoms with Crippen LogP contribution in [0.5, 0.6) is 0 Å². The van der Waals surface area contributed by atoms with Crippen LogP contribution in [0.15, 0.2) is 36.7 Å². The van der Waals surface area contributed by atoms with E-state index in [2.05, 4.69) is 10.3 Å². The lowest BCUT2D eigenvalue weighted by Crippen LogP contribution is -2.41. The molecule has 1 aromatic carbocycles. The summed E-state index contributed by atoms with van der Waals surface area (Å²) in [7, 11) is 0. The molecule has 2 aromatic rings. The van der Waals surface area contributed by atoms with Gasteiger partial charge in [0.2, 0.25) is 5.91 Å². The van der Waals surface area contributed by atoms with Crippen LogP contribution >= 0.6 is 11.6 Å². The van der Waals surface area contributed by atoms with Crippen LogP contribution in [0.2, 0.25) is 5.02 Å². The molecule has 0 spiro atoms. The number of aromatic nitrogens is 1. The van der Waals surface area contributed by atoms with E-state index in [9.17, 15) is 9.59 Å². The number of amides is 1. The third-order valence-electron chi connectivity index (χ3n) is 4.51. The van der Waals surface area contributed by atoms with Gasteiger partial charge in [0.15, 0.2) is 5.78 Å². The van der Waals surface area contributed by atoms with E-state index in [0.29, 0.717) is 12.0 Å². The lowest BCUT2D eigenvalue weighted by molar-refractivity contribution is -0.125. The van der Waals surface area contributed by atoms with Crippen LogP contribution in [-0.2, 0) is 4.79 Å². The van der Waals surface area contributed by atoms with Gasteiger partial charge in [0.05, 0.1) is 16.0 Å². The number of pyridine rings is 1. The monoisotopic (exact) mass is 391 g/mol. The summed E-state index contributed by atoms with van der Waals surface area (Å²) in [4.78, 5) is 28.1. The van der Waals surface area contributed by atoms with Gasteiger partial charge >= 0.3 is 0 Å². The van der Waals surface area contributed by atoms with Crippen molar-refractivity contribution in [3.8, 4) is 0 Å². The zero-order chi connectivity index (χ0) is 20.2. The molecular weight excluding hydrogens is 369 g/mol. The SMILES string of the molecule is CC[C@@H](NCC(C)(C)C(N)=O)c1ccc(Cl)c(C(=O)c2cccnc2)c1F. The Balaban J connectivity index is 2.37. The quantitative estimate of drug-likeness (QED) is 0.672. The van der Waals surface area contributed by atoms with Crippen molar-refractivity contribution in [1.29, 1.82) is 0 Å². The zero-order valence-corrected chi connectivity index (χ0v) is 16.3. The maximum Gasteiger partial charge on any atom is 0.224 e. The van der Waals surface area contributed by atoms with Gasteiger partial charge in [-0.15, -0.1) is 0 Å². The highest BCUT2D eigenvalue weighted by atomic mass is 35.5. The number of primary amides is 1. The van der Waals surface area contributed by atoms with E-state index in [1.165, 1.54) is 18.5 Å². The molecule has 0 aliphatic carbocycles. The summed E-state index contributed by atoms with van der Waals surface area (Å²) in [5, 5.41) is 3.21. The molecule has 0 saturated heterocycles. The number of nitrogens with one attached hydrogen (secondary N) is 1. The number of rotatable bonds is 8. The van der Waals surface area contributed by atoms with E-state index in [1.807, 2.05) is 6.92 Å². The number of halogens is 2. The molecular formula is C20H23ClFN3O2. The maximum absolute atomic E-state index is 15.2. The highest BCUT2D eigenvalue weighted by Gasteiger charge is 2.28. The van der Waals surface area contributed by atoms with E-state index in [4.69, 9.17) is 17.3 Å². The van der Waals surface area contributed by atoms with Gasteiger partial charge in [-0.3, -0.25) is 14.6 Å². The largest absolute Gasteiger partial charge is 0.369 e. The van der Waals surface area contributed by atoms with Crippen molar-refractivity contribution >= 4 is 23.3 Å². The predicted molar refractivity (Wildman–Crippen MR) is 103 cm³/mol. The minimum atomic E-state index is -0.787. The Morgan fingerprint density at radius 1 is 1.33 bits per heavy atom. The van der Waals surface area contributed by atoms with Gasteiger partial charge in [-0.25, -0.2) is 4.39 Å². The number of carbonyl (C=O) groups is 2. The van der Waals surface area contributed by atoms with E-state index in [0.717, 1.165) is 0 Å². The third kappa shape index (κ3) is 4.70. The summed E-state index contributed by atoms with van der Waals surface area (Å²) in [6.45, 7) is 5.58. The van der Waals surface area contributed by atoms with Crippen molar-refractivity contribution < 1.29 is 14.0 Å². The second kappa shape index (κ2) is 8.59. The zero-order valence-electron chi connectivity index (χ0n) is 15.6. The predicted octanol–water partition coefficient (Wildman–Crippen LogP) is 3.66. The summed E-state index contributed by atoms with van der Waals surface area (Å²) in [5.74, 6) is -1.65. The van der Waals surface area contributed by atoms with Gasteiger partial charge in [-0.05, 0) is 38.5 Å². The molecule has 0 radical (unpaired) electrons. The van der Waals surface area contributed by atoms with Gasteiger partial charge in [0.25, 0.3) is 0 Å². The van der Waals surface area contributed by atoms with Crippen molar-refractivity contribution in [3.05, 3.63) is 64.2 Å². The van der Waals surface area contributed by atoms with E-state index < -0.39 is 29.0 Å². The van der Waals surface area contributed by atoms with Crippen LogP contribution in [0, 0.1) is 11.2 Å². The molecule has 3 N–H and O–H groups in total. The molecule has 0 unspecified atom stereocenters. The third-order valence-corrected chi connectivity index (χ3v) is 4.83. The Morgan fingerprint density at radius 3 is 2.59 bits per heavy atom. The fourth-order valence-electron chi connectivity index (χ4n) is 2.63. The van der Waals surface area contributed by atoms with Crippen LogP contribution in [0.1, 0.15) is 54.7 Å². The Bertz CT molecular complexity index is 841. The molecule has 1 amide bonds. The molecule has 5 nitrogen and oxygen atoms in total. The highest BCUT2D eigenvalue weighted by Crippen LogP contribution is 2.30. The molecule has 7 heteroatoms. The summed E-state index contributed by atoms with van der Waals surface area (Å²) in [6.07, 6.45) is 3.45. The average molecular weight is 392 g/mol. The number of benzene rings is 1. The molecule has 0 saturated carbocycles. The molecule has 144 valence electrons. The first-order chi connectivity index (χ1) is 12.7. The van der Waals surface area contributed by atoms with Crippen molar-refractivity contribution in [3.63, 3.8) is 0 Å². The fourth-order valence-corrected chi connectivity index (χ4v) is 2.86. The van der Waals surface area contributed by atoms with Crippen LogP contribution in [-0.4, -0.2) is 23.2 Å². The summed E-state index contributed by atoms with van der Waals surface area (Å²) in [6, 6.07) is 5.82. The minimum absolute atomic E-state index is 0.0393. The lowest BCUT2D eigenvalue weighted by Gasteiger charge is -2.26. The molecule has 0 bridgehead atoms. The van der Waals surface area contributed by atoms with Crippen LogP contribution < -0.4 is 11.1 Å². The maximum atomic E-state index is 15.2. The molecule has 2 rings (SSSR count). The molecule has 0 fully saturated rings. The smallest absolute Gasteiger partial charge is 0.224 e. The average Bonchev–Trinajstić information content (AvgIpc) is 2.64. The first-order valence-electron chi connectivity index (χ1n) is 8.65. The standard InChI is InChI=1S/C20H23ClFN3O2/c1-4-15(25-11-20(2,3)19(23)27)13-7-8-14(21)16(17(13)22)18(26)12-6-5-9-24-10-12/h5-10,15,25H,4,11H2,1-3H3,(H2,23,27)/t15-/m1/s1. The lowest BCUT2D eigenvalue weighted by atomic mass is 9.91. The van der Waals surface area contributed by atoms with Crippen molar-refractivity contribution in [2.45, 2.75) is 33.2 Å². The van der Waals surface area contributed by atoms with Crippen molar-refractivity contribution in [2.75, 3.05) is 6.54 Å². The number of nitrogens with zero attached hydrogens (tertiary/aromatic N) is 1. The molecule has 0 aliphatic rings. The second-order valence-electron chi connectivity index (χ2n) is 6.99. The summed E-state index contributed by atoms with van der Waals surface area (Å²) in [5.41, 5.74) is 4.99. The van der Waals surface area contributed by atoms with Gasteiger partial charge in [-0.1, -0.05) is 24.6 Å². The van der Waals surface area contributed by atoms with Crippen LogP contribution in [0.4, 0.5) is 4.39 Å². The van der Waals surface area contributed by atoms with Crippen LogP contribution in [0.3, 0.4) is 0 Å². The summed E-state index contributed by atoms with van der Waals surface area (Å²) >= 11 is 6.12. The number of nitrogens with two attached hydrogens (primary N) is 1. The Hall–Kier alpha value is -2.31. The van der Waals surface area contributed by atoms with Gasteiger partial charge in [0, 0.05) is 36.1 Å². The molecule has 0 aliphatic heterocycles. The molecule has 1 atom stereocenters. The first kappa shape index (κ1) is 21.0. The second-order valence-corrected chi connectivity index (χ2v) is 7.39. The molecule has 27 heavy (non-hydrogen) atoms. The number of carbonyl (C=O) groups excluding carboxylic acids is 2. The summed E-state index contributed by atoms with van der Waals surface area (Å²) < 4.78 is 15.2. The van der Waals surface area contributed by atoms with E-state index in [1.54, 1.807) is 32.0 Å². The highest BCUT2D eigenvalue weighted by molar-refractivity contribution is 6.35. The minimum Gasteiger partial charge on any atom is -0.369 e. The Labute approximate surface area is 163 Å². The van der Waals surface area contributed by atoms with Gasteiger partial charge in [0.1, 0.15) is 5.82 Å². The Morgan fingerprint density at radius 2 is 2.04 bits per heavy atom. The van der Waals surface area contributed by atoms with E-state index in [-0.39, 0.29) is 22.7 Å². The number of hydrogen-bond donors (Lipinski definition) is 2. The Kier molecular flexibility index (Phi) is 6.68. The van der Waals surface area contributed by atoms with Gasteiger partial charge < -0.3 is 11.1 Å². The molecule has 1 aromatic heterocycles. The number of hydrogen-bond acceptors (Lipinski definition) is 4. The van der Waals surface area contributed by atoms with Crippen LogP contribution in [0.25, 0.3) is 0 Å². The van der Waals surface area contributed by atoms with E-state index >= 15 is 4.39 Å². The fraction of sp³-hybridized carbons (Fsp3) is 0.350. The first-order valence-corrected chi connectivity index (χ1v) is 9.02. The van der Waals surface area contributed by atoms with Crippen molar-refractivity contribution in [2.24, 2.45) is 11.1 Å². The normalized spacial score (nSPS) is 12.6.